The van der Waals surface area contributed by atoms with Crippen molar-refractivity contribution in [1.29, 1.82) is 0 Å². The summed E-state index contributed by atoms with van der Waals surface area (Å²) in [4.78, 5) is 26.2. The van der Waals surface area contributed by atoms with Gasteiger partial charge in [0.2, 0.25) is 0 Å². The summed E-state index contributed by atoms with van der Waals surface area (Å²) in [6, 6.07) is 4.74. The van der Waals surface area contributed by atoms with Gasteiger partial charge < -0.3 is 10.5 Å². The third-order valence-electron chi connectivity index (χ3n) is 2.20. The van der Waals surface area contributed by atoms with Crippen molar-refractivity contribution in [3.8, 4) is 0 Å². The maximum absolute atomic E-state index is 11.6. The van der Waals surface area contributed by atoms with E-state index in [1.807, 2.05) is 16.8 Å². The zero-order valence-corrected chi connectivity index (χ0v) is 10.1. The SMILES string of the molecule is NC(=O)c1ccc(C(=O)OCc2ccsc2)cn1. The van der Waals surface area contributed by atoms with E-state index in [0.717, 1.165) is 5.56 Å². The first kappa shape index (κ1) is 12.3. The first-order valence-electron chi connectivity index (χ1n) is 5.11. The van der Waals surface area contributed by atoms with Crippen LogP contribution >= 0.6 is 11.3 Å². The van der Waals surface area contributed by atoms with Gasteiger partial charge in [-0.2, -0.15) is 11.3 Å². The van der Waals surface area contributed by atoms with Crippen LogP contribution in [0, 0.1) is 0 Å². The average molecular weight is 262 g/mol. The van der Waals surface area contributed by atoms with Crippen LogP contribution in [-0.4, -0.2) is 16.9 Å². The molecule has 0 radical (unpaired) electrons. The van der Waals surface area contributed by atoms with E-state index in [1.54, 1.807) is 0 Å². The molecule has 2 aromatic rings. The molecule has 92 valence electrons. The molecular formula is C12H10N2O3S. The van der Waals surface area contributed by atoms with Crippen molar-refractivity contribution in [2.75, 3.05) is 0 Å². The zero-order chi connectivity index (χ0) is 13.0. The molecule has 5 nitrogen and oxygen atoms in total. The molecule has 0 saturated heterocycles. The summed E-state index contributed by atoms with van der Waals surface area (Å²) >= 11 is 1.54. The maximum Gasteiger partial charge on any atom is 0.340 e. The number of nitrogens with zero attached hydrogens (tertiary/aromatic N) is 1. The Morgan fingerprint density at radius 1 is 1.33 bits per heavy atom. The third-order valence-corrected chi connectivity index (χ3v) is 2.93. The van der Waals surface area contributed by atoms with Crippen LogP contribution in [0.4, 0.5) is 0 Å². The van der Waals surface area contributed by atoms with Crippen molar-refractivity contribution < 1.29 is 14.3 Å². The highest BCUT2D eigenvalue weighted by Gasteiger charge is 2.09. The van der Waals surface area contributed by atoms with Crippen molar-refractivity contribution in [2.45, 2.75) is 6.61 Å². The number of ether oxygens (including phenoxy) is 1. The second kappa shape index (κ2) is 5.42. The number of primary amides is 1. The molecule has 2 N–H and O–H groups in total. The van der Waals surface area contributed by atoms with Crippen LogP contribution in [0.1, 0.15) is 26.4 Å². The van der Waals surface area contributed by atoms with Crippen molar-refractivity contribution in [2.24, 2.45) is 5.73 Å². The first-order valence-corrected chi connectivity index (χ1v) is 6.05. The summed E-state index contributed by atoms with van der Waals surface area (Å²) in [6.07, 6.45) is 1.27. The minimum Gasteiger partial charge on any atom is -0.457 e. The van der Waals surface area contributed by atoms with E-state index in [0.29, 0.717) is 0 Å². The average Bonchev–Trinajstić information content (AvgIpc) is 2.89. The fourth-order valence-corrected chi connectivity index (χ4v) is 1.92. The number of thiophene rings is 1. The van der Waals surface area contributed by atoms with Gasteiger partial charge in [-0.1, -0.05) is 0 Å². The molecule has 0 atom stereocenters. The van der Waals surface area contributed by atoms with Crippen LogP contribution in [0.2, 0.25) is 0 Å². The molecule has 1 amide bonds. The van der Waals surface area contributed by atoms with E-state index >= 15 is 0 Å². The van der Waals surface area contributed by atoms with Gasteiger partial charge in [0.25, 0.3) is 5.91 Å². The molecule has 18 heavy (non-hydrogen) atoms. The van der Waals surface area contributed by atoms with E-state index in [1.165, 1.54) is 29.7 Å². The molecule has 2 aromatic heterocycles. The van der Waals surface area contributed by atoms with Crippen molar-refractivity contribution in [3.05, 3.63) is 52.0 Å². The number of nitrogens with two attached hydrogens (primary N) is 1. The molecule has 0 aliphatic heterocycles. The maximum atomic E-state index is 11.6. The van der Waals surface area contributed by atoms with Crippen LogP contribution in [-0.2, 0) is 11.3 Å². The number of rotatable bonds is 4. The molecule has 0 aromatic carbocycles. The number of amides is 1. The van der Waals surface area contributed by atoms with E-state index in [9.17, 15) is 9.59 Å². The Bertz CT molecular complexity index is 549. The Labute approximate surface area is 107 Å². The van der Waals surface area contributed by atoms with Gasteiger partial charge in [-0.25, -0.2) is 4.79 Å². The molecule has 2 rings (SSSR count). The predicted octanol–water partition coefficient (Wildman–Crippen LogP) is 1.60. The number of hydrogen-bond donors (Lipinski definition) is 1. The number of hydrogen-bond acceptors (Lipinski definition) is 5. The highest BCUT2D eigenvalue weighted by molar-refractivity contribution is 7.07. The number of aromatic nitrogens is 1. The lowest BCUT2D eigenvalue weighted by atomic mass is 10.2. The van der Waals surface area contributed by atoms with E-state index < -0.39 is 11.9 Å². The summed E-state index contributed by atoms with van der Waals surface area (Å²) < 4.78 is 5.08. The lowest BCUT2D eigenvalue weighted by Gasteiger charge is -2.03. The summed E-state index contributed by atoms with van der Waals surface area (Å²) in [6.45, 7) is 0.222. The van der Waals surface area contributed by atoms with Crippen LogP contribution in [0.3, 0.4) is 0 Å². The van der Waals surface area contributed by atoms with Crippen LogP contribution < -0.4 is 5.73 Å². The van der Waals surface area contributed by atoms with E-state index in [4.69, 9.17) is 10.5 Å². The van der Waals surface area contributed by atoms with Gasteiger partial charge >= 0.3 is 5.97 Å². The Morgan fingerprint density at radius 2 is 2.17 bits per heavy atom. The molecule has 0 fully saturated rings. The summed E-state index contributed by atoms with van der Waals surface area (Å²) in [5.74, 6) is -1.11. The molecule has 0 saturated carbocycles. The van der Waals surface area contributed by atoms with E-state index in [2.05, 4.69) is 4.98 Å². The van der Waals surface area contributed by atoms with Crippen molar-refractivity contribution in [1.82, 2.24) is 4.98 Å². The minimum absolute atomic E-state index is 0.115. The minimum atomic E-state index is -0.631. The molecule has 2 heterocycles. The predicted molar refractivity (Wildman–Crippen MR) is 66.2 cm³/mol. The van der Waals surface area contributed by atoms with Gasteiger partial charge in [-0.15, -0.1) is 0 Å². The Hall–Kier alpha value is -2.21. The number of esters is 1. The number of carbonyl (C=O) groups excluding carboxylic acids is 2. The lowest BCUT2D eigenvalue weighted by Crippen LogP contribution is -2.14. The lowest BCUT2D eigenvalue weighted by molar-refractivity contribution is 0.0472. The first-order chi connectivity index (χ1) is 8.66. The molecule has 0 spiro atoms. The summed E-state index contributed by atoms with van der Waals surface area (Å²) in [5, 5.41) is 3.81. The third kappa shape index (κ3) is 2.92. The van der Waals surface area contributed by atoms with E-state index in [-0.39, 0.29) is 17.9 Å². The normalized spacial score (nSPS) is 10.0. The van der Waals surface area contributed by atoms with Gasteiger partial charge in [-0.05, 0) is 29.0 Å². The van der Waals surface area contributed by atoms with Crippen molar-refractivity contribution in [3.63, 3.8) is 0 Å². The number of pyridine rings is 1. The van der Waals surface area contributed by atoms with Crippen LogP contribution in [0.5, 0.6) is 0 Å². The Kier molecular flexibility index (Phi) is 3.69. The van der Waals surface area contributed by atoms with Crippen LogP contribution in [0.15, 0.2) is 35.2 Å². The van der Waals surface area contributed by atoms with Crippen molar-refractivity contribution >= 4 is 23.2 Å². The Morgan fingerprint density at radius 3 is 2.72 bits per heavy atom. The van der Waals surface area contributed by atoms with Gasteiger partial charge in [0.1, 0.15) is 12.3 Å². The smallest absolute Gasteiger partial charge is 0.340 e. The Balaban J connectivity index is 1.98. The summed E-state index contributed by atoms with van der Waals surface area (Å²) in [5.41, 5.74) is 6.39. The zero-order valence-electron chi connectivity index (χ0n) is 9.33. The number of carbonyl (C=O) groups is 2. The standard InChI is InChI=1S/C12H10N2O3S/c13-11(15)10-2-1-9(5-14-10)12(16)17-6-8-3-4-18-7-8/h1-5,7H,6H2,(H2,13,15). The summed E-state index contributed by atoms with van der Waals surface area (Å²) in [7, 11) is 0. The molecule has 0 aliphatic carbocycles. The highest BCUT2D eigenvalue weighted by Crippen LogP contribution is 2.09. The second-order valence-corrected chi connectivity index (χ2v) is 4.28. The van der Waals surface area contributed by atoms with Gasteiger partial charge in [0.15, 0.2) is 0 Å². The fourth-order valence-electron chi connectivity index (χ4n) is 1.27. The monoisotopic (exact) mass is 262 g/mol. The molecule has 0 unspecified atom stereocenters. The molecule has 0 bridgehead atoms. The largest absolute Gasteiger partial charge is 0.457 e. The second-order valence-electron chi connectivity index (χ2n) is 3.50. The molecular weight excluding hydrogens is 252 g/mol. The topological polar surface area (TPSA) is 82.3 Å². The van der Waals surface area contributed by atoms with Gasteiger partial charge in [-0.3, -0.25) is 9.78 Å². The quantitative estimate of drug-likeness (QED) is 0.848. The van der Waals surface area contributed by atoms with Gasteiger partial charge in [0.05, 0.1) is 5.56 Å². The molecule has 6 heteroatoms. The van der Waals surface area contributed by atoms with Gasteiger partial charge in [0, 0.05) is 11.8 Å². The molecule has 0 aliphatic rings. The van der Waals surface area contributed by atoms with Crippen LogP contribution in [0.25, 0.3) is 0 Å². The highest BCUT2D eigenvalue weighted by atomic mass is 32.1. The fraction of sp³-hybridized carbons (Fsp3) is 0.0833.